The Bertz CT molecular complexity index is 1190. The van der Waals surface area contributed by atoms with Crippen LogP contribution in [0.15, 0.2) is 51.7 Å². The number of benzene rings is 2. The van der Waals surface area contributed by atoms with E-state index < -0.39 is 6.04 Å². The van der Waals surface area contributed by atoms with Gasteiger partial charge in [0.2, 0.25) is 5.76 Å². The zero-order chi connectivity index (χ0) is 22.8. The molecule has 7 heteroatoms. The molecule has 1 atom stereocenters. The number of nitrogens with zero attached hydrogens (tertiary/aromatic N) is 2. The van der Waals surface area contributed by atoms with Crippen LogP contribution in [-0.2, 0) is 0 Å². The molecular weight excluding hydrogens is 428 g/mol. The van der Waals surface area contributed by atoms with Crippen molar-refractivity contribution in [2.75, 3.05) is 32.8 Å². The molecule has 0 aliphatic carbocycles. The molecule has 1 unspecified atom stereocenters. The molecule has 1 aromatic heterocycles. The molecule has 1 amide bonds. The maximum Gasteiger partial charge on any atom is 0.290 e. The van der Waals surface area contributed by atoms with Crippen LogP contribution >= 0.6 is 11.6 Å². The van der Waals surface area contributed by atoms with Crippen molar-refractivity contribution in [3.05, 3.63) is 74.6 Å². The van der Waals surface area contributed by atoms with E-state index in [0.717, 1.165) is 18.7 Å². The maximum atomic E-state index is 13.6. The first-order chi connectivity index (χ1) is 15.5. The van der Waals surface area contributed by atoms with E-state index in [1.807, 2.05) is 19.1 Å². The van der Waals surface area contributed by atoms with Crippen molar-refractivity contribution < 1.29 is 13.9 Å². The number of hydrogen-bond donors (Lipinski definition) is 0. The molecular formula is C25H27ClN2O4. The Morgan fingerprint density at radius 2 is 1.78 bits per heavy atom. The van der Waals surface area contributed by atoms with Crippen LogP contribution in [0.4, 0.5) is 0 Å². The summed E-state index contributed by atoms with van der Waals surface area (Å²) in [6, 6.07) is 11.9. The molecule has 0 saturated carbocycles. The van der Waals surface area contributed by atoms with Crippen LogP contribution in [-0.4, -0.2) is 48.5 Å². The van der Waals surface area contributed by atoms with Gasteiger partial charge in [-0.15, -0.1) is 0 Å². The Hall–Kier alpha value is -2.83. The van der Waals surface area contributed by atoms with Gasteiger partial charge in [-0.2, -0.15) is 0 Å². The Morgan fingerprint density at radius 3 is 2.44 bits per heavy atom. The van der Waals surface area contributed by atoms with Gasteiger partial charge in [0.15, 0.2) is 5.43 Å². The normalized spacial score (nSPS) is 15.6. The van der Waals surface area contributed by atoms with Crippen molar-refractivity contribution in [2.45, 2.75) is 26.8 Å². The summed E-state index contributed by atoms with van der Waals surface area (Å²) in [5.74, 6) is 0.435. The number of carbonyl (C=O) groups excluding carboxylic acids is 1. The third-order valence-electron chi connectivity index (χ3n) is 5.99. The summed E-state index contributed by atoms with van der Waals surface area (Å²) in [5, 5.41) is 1.03. The third-order valence-corrected chi connectivity index (χ3v) is 6.24. The molecule has 0 saturated heterocycles. The second kappa shape index (κ2) is 9.35. The van der Waals surface area contributed by atoms with E-state index in [4.69, 9.17) is 20.8 Å². The number of hydrogen-bond acceptors (Lipinski definition) is 5. The smallest absolute Gasteiger partial charge is 0.290 e. The van der Waals surface area contributed by atoms with Gasteiger partial charge in [-0.05, 0) is 49.8 Å². The van der Waals surface area contributed by atoms with Crippen LogP contribution < -0.4 is 10.2 Å². The molecule has 32 heavy (non-hydrogen) atoms. The number of likely N-dealkylation sites (N-methyl/N-ethyl adjacent to an activating group) is 1. The summed E-state index contributed by atoms with van der Waals surface area (Å²) in [5.41, 5.74) is 1.38. The number of carbonyl (C=O) groups is 1. The number of amides is 1. The summed E-state index contributed by atoms with van der Waals surface area (Å²) < 4.78 is 11.6. The van der Waals surface area contributed by atoms with E-state index in [2.05, 4.69) is 18.7 Å². The van der Waals surface area contributed by atoms with Crippen LogP contribution in [0.3, 0.4) is 0 Å². The lowest BCUT2D eigenvalue weighted by Crippen LogP contribution is -2.37. The Kier molecular flexibility index (Phi) is 6.53. The molecule has 2 aromatic carbocycles. The van der Waals surface area contributed by atoms with Gasteiger partial charge in [0.25, 0.3) is 5.91 Å². The lowest BCUT2D eigenvalue weighted by molar-refractivity contribution is 0.0708. The van der Waals surface area contributed by atoms with Crippen LogP contribution in [0.25, 0.3) is 11.0 Å². The molecule has 4 rings (SSSR count). The molecule has 3 aromatic rings. The van der Waals surface area contributed by atoms with E-state index >= 15 is 0 Å². The van der Waals surface area contributed by atoms with E-state index in [0.29, 0.717) is 47.0 Å². The van der Waals surface area contributed by atoms with Crippen LogP contribution in [0.2, 0.25) is 5.02 Å². The fourth-order valence-electron chi connectivity index (χ4n) is 4.27. The second-order valence-electron chi connectivity index (χ2n) is 7.74. The lowest BCUT2D eigenvalue weighted by Gasteiger charge is -2.28. The lowest BCUT2D eigenvalue weighted by atomic mass is 9.98. The van der Waals surface area contributed by atoms with Gasteiger partial charge in [0, 0.05) is 24.2 Å². The number of rotatable bonds is 8. The second-order valence-corrected chi connectivity index (χ2v) is 8.18. The van der Waals surface area contributed by atoms with Gasteiger partial charge in [-0.1, -0.05) is 37.6 Å². The van der Waals surface area contributed by atoms with Crippen LogP contribution in [0.1, 0.15) is 48.5 Å². The van der Waals surface area contributed by atoms with Crippen LogP contribution in [0.5, 0.6) is 5.75 Å². The zero-order valence-electron chi connectivity index (χ0n) is 18.6. The van der Waals surface area contributed by atoms with E-state index in [1.165, 1.54) is 0 Å². The molecule has 0 bridgehead atoms. The van der Waals surface area contributed by atoms with Gasteiger partial charge >= 0.3 is 0 Å². The van der Waals surface area contributed by atoms with Crippen LogP contribution in [0, 0.1) is 0 Å². The fourth-order valence-corrected chi connectivity index (χ4v) is 4.39. The highest BCUT2D eigenvalue weighted by Crippen LogP contribution is 2.38. The predicted octanol–water partition coefficient (Wildman–Crippen LogP) is 4.73. The largest absolute Gasteiger partial charge is 0.494 e. The Labute approximate surface area is 192 Å². The minimum absolute atomic E-state index is 0.107. The Morgan fingerprint density at radius 1 is 1.06 bits per heavy atom. The standard InChI is InChI=1S/C25H27ClN2O4/c1-4-27(5-2)13-14-28-22(16-7-9-17(26)10-8-16)21-23(29)19-12-11-18(31-6-3)15-20(19)32-24(21)25(28)30/h7-12,15,22H,4-6,13-14H2,1-3H3. The SMILES string of the molecule is CCOc1ccc2c(=O)c3c(oc2c1)C(=O)N(CCN(CC)CC)C3c1ccc(Cl)cc1. The molecule has 0 radical (unpaired) electrons. The summed E-state index contributed by atoms with van der Waals surface area (Å²) in [6.07, 6.45) is 0. The summed E-state index contributed by atoms with van der Waals surface area (Å²) in [4.78, 5) is 31.0. The first kappa shape index (κ1) is 22.4. The molecule has 1 aliphatic heterocycles. The topological polar surface area (TPSA) is 63.0 Å². The molecule has 0 N–H and O–H groups in total. The van der Waals surface area contributed by atoms with Gasteiger partial charge in [-0.3, -0.25) is 9.59 Å². The first-order valence-electron chi connectivity index (χ1n) is 11.0. The van der Waals surface area contributed by atoms with Crippen molar-refractivity contribution >= 4 is 28.5 Å². The zero-order valence-corrected chi connectivity index (χ0v) is 19.3. The minimum Gasteiger partial charge on any atom is -0.494 e. The number of ether oxygens (including phenoxy) is 1. The molecule has 168 valence electrons. The number of fused-ring (bicyclic) bond motifs is 2. The highest BCUT2D eigenvalue weighted by atomic mass is 35.5. The van der Waals surface area contributed by atoms with Gasteiger partial charge in [0.1, 0.15) is 11.3 Å². The Balaban J connectivity index is 1.85. The summed E-state index contributed by atoms with van der Waals surface area (Å²) in [7, 11) is 0. The molecule has 2 heterocycles. The highest BCUT2D eigenvalue weighted by Gasteiger charge is 2.42. The van der Waals surface area contributed by atoms with E-state index in [9.17, 15) is 9.59 Å². The fraction of sp³-hybridized carbons (Fsp3) is 0.360. The quantitative estimate of drug-likeness (QED) is 0.492. The number of halogens is 1. The monoisotopic (exact) mass is 454 g/mol. The summed E-state index contributed by atoms with van der Waals surface area (Å²) >= 11 is 6.09. The molecule has 6 nitrogen and oxygen atoms in total. The van der Waals surface area contributed by atoms with Crippen molar-refractivity contribution in [1.82, 2.24) is 9.80 Å². The first-order valence-corrected chi connectivity index (χ1v) is 11.4. The third kappa shape index (κ3) is 4.00. The van der Waals surface area contributed by atoms with Gasteiger partial charge in [-0.25, -0.2) is 0 Å². The van der Waals surface area contributed by atoms with Crippen molar-refractivity contribution in [3.63, 3.8) is 0 Å². The predicted molar refractivity (Wildman–Crippen MR) is 126 cm³/mol. The molecule has 0 fully saturated rings. The summed E-state index contributed by atoms with van der Waals surface area (Å²) in [6.45, 7) is 9.53. The maximum absolute atomic E-state index is 13.6. The van der Waals surface area contributed by atoms with E-state index in [1.54, 1.807) is 35.2 Å². The average Bonchev–Trinajstić information content (AvgIpc) is 3.07. The van der Waals surface area contributed by atoms with Crippen molar-refractivity contribution in [2.24, 2.45) is 0 Å². The van der Waals surface area contributed by atoms with Crippen molar-refractivity contribution in [1.29, 1.82) is 0 Å². The van der Waals surface area contributed by atoms with Gasteiger partial charge in [0.05, 0.1) is 23.6 Å². The average molecular weight is 455 g/mol. The molecule has 0 spiro atoms. The molecule has 1 aliphatic rings. The minimum atomic E-state index is -0.516. The highest BCUT2D eigenvalue weighted by molar-refractivity contribution is 6.30. The van der Waals surface area contributed by atoms with E-state index in [-0.39, 0.29) is 17.1 Å². The van der Waals surface area contributed by atoms with Crippen molar-refractivity contribution in [3.8, 4) is 5.75 Å². The van der Waals surface area contributed by atoms with Gasteiger partial charge < -0.3 is 19.0 Å².